The minimum Gasteiger partial charge on any atom is -0.468 e. The highest BCUT2D eigenvalue weighted by Crippen LogP contribution is 2.30. The van der Waals surface area contributed by atoms with Gasteiger partial charge in [0.2, 0.25) is 0 Å². The van der Waals surface area contributed by atoms with Crippen LogP contribution in [0.2, 0.25) is 0 Å². The summed E-state index contributed by atoms with van der Waals surface area (Å²) in [5.41, 5.74) is 5.90. The van der Waals surface area contributed by atoms with E-state index in [-0.39, 0.29) is 6.04 Å². The zero-order valence-corrected chi connectivity index (χ0v) is 10.9. The van der Waals surface area contributed by atoms with Crippen molar-refractivity contribution in [2.75, 3.05) is 39.3 Å². The molecule has 4 heteroatoms. The maximum atomic E-state index is 5.90. The molecule has 2 heterocycles. The van der Waals surface area contributed by atoms with Gasteiger partial charge in [0, 0.05) is 39.3 Å². The highest BCUT2D eigenvalue weighted by molar-refractivity contribution is 5.05. The van der Waals surface area contributed by atoms with Crippen LogP contribution in [-0.2, 0) is 0 Å². The summed E-state index contributed by atoms with van der Waals surface area (Å²) < 4.78 is 5.51. The second-order valence-corrected chi connectivity index (χ2v) is 5.55. The molecule has 0 radical (unpaired) electrons. The molecule has 1 aromatic heterocycles. The van der Waals surface area contributed by atoms with Crippen LogP contribution in [0.25, 0.3) is 0 Å². The molecule has 0 spiro atoms. The minimum atomic E-state index is 0.253. The Labute approximate surface area is 109 Å². The van der Waals surface area contributed by atoms with Crippen molar-refractivity contribution in [3.8, 4) is 0 Å². The summed E-state index contributed by atoms with van der Waals surface area (Å²) in [6.45, 7) is 6.50. The highest BCUT2D eigenvalue weighted by Gasteiger charge is 2.29. The molecule has 4 nitrogen and oxygen atoms in total. The van der Waals surface area contributed by atoms with Crippen LogP contribution < -0.4 is 5.73 Å². The lowest BCUT2D eigenvalue weighted by molar-refractivity contribution is 0.0869. The van der Waals surface area contributed by atoms with Crippen molar-refractivity contribution in [3.63, 3.8) is 0 Å². The maximum absolute atomic E-state index is 5.90. The molecule has 3 rings (SSSR count). The average molecular weight is 249 g/mol. The smallest absolute Gasteiger partial charge is 0.122 e. The maximum Gasteiger partial charge on any atom is 0.122 e. The van der Waals surface area contributed by atoms with Crippen LogP contribution >= 0.6 is 0 Å². The van der Waals surface area contributed by atoms with E-state index in [1.54, 1.807) is 6.26 Å². The summed E-state index contributed by atoms with van der Waals surface area (Å²) in [5, 5.41) is 0. The second kappa shape index (κ2) is 5.43. The molecule has 1 aliphatic heterocycles. The lowest BCUT2D eigenvalue weighted by Crippen LogP contribution is -2.49. The normalized spacial score (nSPS) is 24.3. The zero-order valence-electron chi connectivity index (χ0n) is 10.9. The molecular weight excluding hydrogens is 226 g/mol. The summed E-state index contributed by atoms with van der Waals surface area (Å²) >= 11 is 0. The molecule has 0 bridgehead atoms. The van der Waals surface area contributed by atoms with Gasteiger partial charge in [0.25, 0.3) is 0 Å². The molecule has 1 saturated heterocycles. The summed E-state index contributed by atoms with van der Waals surface area (Å²) in [4.78, 5) is 5.06. The fourth-order valence-corrected chi connectivity index (χ4v) is 2.85. The quantitative estimate of drug-likeness (QED) is 0.854. The largest absolute Gasteiger partial charge is 0.468 e. The molecule has 0 aromatic carbocycles. The van der Waals surface area contributed by atoms with Crippen molar-refractivity contribution in [2.45, 2.75) is 18.9 Å². The SMILES string of the molecule is NCC(c1ccco1)N1CCN(CC2CC2)CC1. The molecule has 2 aliphatic rings. The fourth-order valence-electron chi connectivity index (χ4n) is 2.85. The van der Waals surface area contributed by atoms with Crippen LogP contribution in [0.1, 0.15) is 24.6 Å². The van der Waals surface area contributed by atoms with Gasteiger partial charge in [-0.15, -0.1) is 0 Å². The van der Waals surface area contributed by atoms with Gasteiger partial charge in [-0.25, -0.2) is 0 Å². The van der Waals surface area contributed by atoms with E-state index in [1.165, 1.54) is 32.5 Å². The van der Waals surface area contributed by atoms with E-state index in [2.05, 4.69) is 9.80 Å². The summed E-state index contributed by atoms with van der Waals surface area (Å²) in [7, 11) is 0. The third-order valence-corrected chi connectivity index (χ3v) is 4.16. The number of hydrogen-bond donors (Lipinski definition) is 1. The average Bonchev–Trinajstić information content (AvgIpc) is 3.05. The first-order chi connectivity index (χ1) is 8.86. The molecule has 2 N–H and O–H groups in total. The number of hydrogen-bond acceptors (Lipinski definition) is 4. The summed E-state index contributed by atoms with van der Waals surface area (Å²) in [5.74, 6) is 2.00. The molecule has 1 aliphatic carbocycles. The van der Waals surface area contributed by atoms with Crippen LogP contribution in [0, 0.1) is 5.92 Å². The van der Waals surface area contributed by atoms with Gasteiger partial charge in [-0.05, 0) is 30.9 Å². The van der Waals surface area contributed by atoms with Gasteiger partial charge < -0.3 is 15.1 Å². The Hall–Kier alpha value is -0.840. The molecule has 1 saturated carbocycles. The van der Waals surface area contributed by atoms with E-state index in [9.17, 15) is 0 Å². The zero-order chi connectivity index (χ0) is 12.4. The third kappa shape index (κ3) is 2.76. The van der Waals surface area contributed by atoms with Crippen LogP contribution in [0.15, 0.2) is 22.8 Å². The molecule has 2 fully saturated rings. The number of rotatable bonds is 5. The number of nitrogens with zero attached hydrogens (tertiary/aromatic N) is 2. The molecule has 18 heavy (non-hydrogen) atoms. The van der Waals surface area contributed by atoms with Gasteiger partial charge in [0.05, 0.1) is 12.3 Å². The van der Waals surface area contributed by atoms with E-state index in [4.69, 9.17) is 10.2 Å². The third-order valence-electron chi connectivity index (χ3n) is 4.16. The van der Waals surface area contributed by atoms with E-state index < -0.39 is 0 Å². The van der Waals surface area contributed by atoms with Gasteiger partial charge in [-0.2, -0.15) is 0 Å². The van der Waals surface area contributed by atoms with Crippen LogP contribution in [0.4, 0.5) is 0 Å². The van der Waals surface area contributed by atoms with E-state index in [0.717, 1.165) is 24.8 Å². The minimum absolute atomic E-state index is 0.253. The Morgan fingerprint density at radius 3 is 2.61 bits per heavy atom. The molecule has 1 atom stereocenters. The van der Waals surface area contributed by atoms with Gasteiger partial charge in [0.1, 0.15) is 5.76 Å². The number of nitrogens with two attached hydrogens (primary N) is 1. The summed E-state index contributed by atoms with van der Waals surface area (Å²) in [6.07, 6.45) is 4.62. The Bertz CT molecular complexity index is 353. The highest BCUT2D eigenvalue weighted by atomic mass is 16.3. The van der Waals surface area contributed by atoms with Gasteiger partial charge in [-0.1, -0.05) is 0 Å². The lowest BCUT2D eigenvalue weighted by atomic mass is 10.1. The van der Waals surface area contributed by atoms with E-state index in [1.807, 2.05) is 12.1 Å². The van der Waals surface area contributed by atoms with Crippen molar-refractivity contribution in [2.24, 2.45) is 11.7 Å². The Morgan fingerprint density at radius 1 is 1.28 bits per heavy atom. The molecule has 0 amide bonds. The van der Waals surface area contributed by atoms with Crippen LogP contribution in [0.5, 0.6) is 0 Å². The Kier molecular flexibility index (Phi) is 3.68. The van der Waals surface area contributed by atoms with Gasteiger partial charge >= 0.3 is 0 Å². The Balaban J connectivity index is 1.54. The number of piperazine rings is 1. The molecule has 100 valence electrons. The molecule has 1 unspecified atom stereocenters. The first kappa shape index (κ1) is 12.2. The monoisotopic (exact) mass is 249 g/mol. The van der Waals surface area contributed by atoms with E-state index >= 15 is 0 Å². The Morgan fingerprint density at radius 2 is 2.06 bits per heavy atom. The van der Waals surface area contributed by atoms with E-state index in [0.29, 0.717) is 6.54 Å². The second-order valence-electron chi connectivity index (χ2n) is 5.55. The van der Waals surface area contributed by atoms with Crippen molar-refractivity contribution >= 4 is 0 Å². The van der Waals surface area contributed by atoms with Crippen molar-refractivity contribution in [3.05, 3.63) is 24.2 Å². The standard InChI is InChI=1S/C14H23N3O/c15-10-13(14-2-1-9-18-14)17-7-5-16(6-8-17)11-12-3-4-12/h1-2,9,12-13H,3-8,10-11,15H2. The van der Waals surface area contributed by atoms with Crippen LogP contribution in [0.3, 0.4) is 0 Å². The topological polar surface area (TPSA) is 45.6 Å². The first-order valence-corrected chi connectivity index (χ1v) is 7.06. The fraction of sp³-hybridized carbons (Fsp3) is 0.714. The first-order valence-electron chi connectivity index (χ1n) is 7.06. The van der Waals surface area contributed by atoms with Crippen molar-refractivity contribution in [1.82, 2.24) is 9.80 Å². The van der Waals surface area contributed by atoms with Gasteiger partial charge in [0.15, 0.2) is 0 Å². The van der Waals surface area contributed by atoms with Crippen LogP contribution in [-0.4, -0.2) is 49.1 Å². The number of furan rings is 1. The summed E-state index contributed by atoms with van der Waals surface area (Å²) in [6, 6.07) is 4.23. The predicted octanol–water partition coefficient (Wildman–Crippen LogP) is 1.31. The molecule has 1 aromatic rings. The predicted molar refractivity (Wildman–Crippen MR) is 71.2 cm³/mol. The molecular formula is C14H23N3O. The van der Waals surface area contributed by atoms with Crippen molar-refractivity contribution < 1.29 is 4.42 Å². The van der Waals surface area contributed by atoms with Gasteiger partial charge in [-0.3, -0.25) is 4.90 Å². The lowest BCUT2D eigenvalue weighted by Gasteiger charge is -2.38. The van der Waals surface area contributed by atoms with Crippen molar-refractivity contribution in [1.29, 1.82) is 0 Å².